The van der Waals surface area contributed by atoms with Crippen LogP contribution in [0, 0.1) is 0 Å². The lowest BCUT2D eigenvalue weighted by Crippen LogP contribution is -1.99. The molecule has 0 atom stereocenters. The van der Waals surface area contributed by atoms with E-state index < -0.39 is 0 Å². The van der Waals surface area contributed by atoms with Crippen molar-refractivity contribution in [3.63, 3.8) is 0 Å². The number of aromatic nitrogens is 4. The molecule has 0 saturated carbocycles. The topological polar surface area (TPSA) is 52.8 Å². The summed E-state index contributed by atoms with van der Waals surface area (Å²) in [5, 5.41) is 5.07. The van der Waals surface area contributed by atoms with E-state index >= 15 is 0 Å². The highest BCUT2D eigenvalue weighted by Crippen LogP contribution is 2.30. The molecule has 0 aliphatic heterocycles. The Hall–Kier alpha value is -2.21. The van der Waals surface area contributed by atoms with Crippen molar-refractivity contribution in [1.29, 1.82) is 0 Å². The summed E-state index contributed by atoms with van der Waals surface area (Å²) in [6.07, 6.45) is 1.88. The molecule has 3 aromatic rings. The zero-order valence-corrected chi connectivity index (χ0v) is 14.4. The first kappa shape index (κ1) is 15.7. The van der Waals surface area contributed by atoms with Gasteiger partial charge in [0, 0.05) is 7.05 Å². The van der Waals surface area contributed by atoms with Crippen LogP contribution in [-0.4, -0.2) is 26.4 Å². The SMILES string of the molecule is CCCc1nn(C)c2c([S-])nc(-c3ccccc3OCC)nc12. The van der Waals surface area contributed by atoms with Gasteiger partial charge in [0.05, 0.1) is 23.4 Å². The second-order valence-corrected chi connectivity index (χ2v) is 5.69. The van der Waals surface area contributed by atoms with E-state index in [4.69, 9.17) is 22.3 Å². The van der Waals surface area contributed by atoms with Crippen molar-refractivity contribution < 1.29 is 4.74 Å². The molecule has 0 fully saturated rings. The standard InChI is InChI=1S/C17H20N4OS/c1-4-8-12-14-15(21(3)20-12)17(23)19-16(18-14)11-9-6-7-10-13(11)22-5-2/h6-7,9-10H,4-5,8H2,1-3H3,(H,18,19,23)/p-1. The largest absolute Gasteiger partial charge is 0.758 e. The van der Waals surface area contributed by atoms with Gasteiger partial charge in [0.25, 0.3) is 0 Å². The summed E-state index contributed by atoms with van der Waals surface area (Å²) < 4.78 is 7.47. The fourth-order valence-electron chi connectivity index (χ4n) is 2.66. The normalized spacial score (nSPS) is 11.1. The molecule has 0 amide bonds. The summed E-state index contributed by atoms with van der Waals surface area (Å²) in [6, 6.07) is 7.77. The number of aryl methyl sites for hydroxylation is 2. The Morgan fingerprint density at radius 2 is 1.96 bits per heavy atom. The summed E-state index contributed by atoms with van der Waals surface area (Å²) in [4.78, 5) is 9.26. The minimum atomic E-state index is 0.522. The Kier molecular flexibility index (Phi) is 4.43. The summed E-state index contributed by atoms with van der Waals surface area (Å²) in [5.74, 6) is 1.36. The van der Waals surface area contributed by atoms with Crippen molar-refractivity contribution in [3.8, 4) is 17.1 Å². The number of nitrogens with zero attached hydrogens (tertiary/aromatic N) is 4. The molecule has 1 aromatic carbocycles. The van der Waals surface area contributed by atoms with Crippen molar-refractivity contribution in [2.24, 2.45) is 7.05 Å². The van der Waals surface area contributed by atoms with E-state index in [2.05, 4.69) is 17.0 Å². The number of rotatable bonds is 5. The lowest BCUT2D eigenvalue weighted by molar-refractivity contribution is 0.341. The van der Waals surface area contributed by atoms with Crippen LogP contribution < -0.4 is 4.74 Å². The number of fused-ring (bicyclic) bond motifs is 1. The molecule has 0 unspecified atom stereocenters. The summed E-state index contributed by atoms with van der Waals surface area (Å²) in [7, 11) is 1.88. The van der Waals surface area contributed by atoms with Gasteiger partial charge in [-0.05, 0) is 25.5 Å². The zero-order valence-electron chi connectivity index (χ0n) is 13.5. The molecule has 5 nitrogen and oxygen atoms in total. The predicted molar refractivity (Wildman–Crippen MR) is 92.5 cm³/mol. The van der Waals surface area contributed by atoms with Crippen molar-refractivity contribution in [1.82, 2.24) is 19.7 Å². The molecule has 23 heavy (non-hydrogen) atoms. The molecule has 6 heteroatoms. The molecule has 120 valence electrons. The van der Waals surface area contributed by atoms with Crippen LogP contribution in [0.5, 0.6) is 5.75 Å². The van der Waals surface area contributed by atoms with Crippen LogP contribution in [0.2, 0.25) is 0 Å². The Morgan fingerprint density at radius 3 is 2.70 bits per heavy atom. The zero-order chi connectivity index (χ0) is 16.4. The fourth-order valence-corrected chi connectivity index (χ4v) is 2.98. The van der Waals surface area contributed by atoms with E-state index in [-0.39, 0.29) is 0 Å². The molecular weight excluding hydrogens is 308 g/mol. The molecule has 0 saturated heterocycles. The van der Waals surface area contributed by atoms with Gasteiger partial charge in [0.15, 0.2) is 5.82 Å². The van der Waals surface area contributed by atoms with E-state index in [0.29, 0.717) is 17.5 Å². The van der Waals surface area contributed by atoms with Crippen LogP contribution in [-0.2, 0) is 26.1 Å². The third-order valence-electron chi connectivity index (χ3n) is 3.63. The maximum Gasteiger partial charge on any atom is 0.162 e. The molecule has 2 aromatic heterocycles. The molecule has 0 radical (unpaired) electrons. The van der Waals surface area contributed by atoms with Crippen molar-refractivity contribution in [2.75, 3.05) is 6.61 Å². The maximum atomic E-state index is 5.69. The van der Waals surface area contributed by atoms with Crippen molar-refractivity contribution in [3.05, 3.63) is 30.0 Å². The minimum absolute atomic E-state index is 0.522. The molecular formula is C17H19N4OS-. The molecule has 0 aliphatic carbocycles. The quantitative estimate of drug-likeness (QED) is 0.532. The molecule has 2 heterocycles. The number of ether oxygens (including phenoxy) is 1. The number of hydrogen-bond donors (Lipinski definition) is 0. The van der Waals surface area contributed by atoms with Gasteiger partial charge in [-0.15, -0.1) is 0 Å². The van der Waals surface area contributed by atoms with Gasteiger partial charge in [0.2, 0.25) is 0 Å². The summed E-state index contributed by atoms with van der Waals surface area (Å²) in [5.41, 5.74) is 3.49. The van der Waals surface area contributed by atoms with Gasteiger partial charge >= 0.3 is 0 Å². The van der Waals surface area contributed by atoms with E-state index in [0.717, 1.165) is 40.9 Å². The highest BCUT2D eigenvalue weighted by molar-refractivity contribution is 7.59. The Bertz CT molecular complexity index is 844. The smallest absolute Gasteiger partial charge is 0.162 e. The Balaban J connectivity index is 2.21. The Morgan fingerprint density at radius 1 is 1.17 bits per heavy atom. The lowest BCUT2D eigenvalue weighted by Gasteiger charge is -2.13. The van der Waals surface area contributed by atoms with Crippen LogP contribution in [0.25, 0.3) is 22.4 Å². The van der Waals surface area contributed by atoms with Gasteiger partial charge < -0.3 is 17.4 Å². The van der Waals surface area contributed by atoms with Crippen LogP contribution in [0.15, 0.2) is 29.3 Å². The van der Waals surface area contributed by atoms with Crippen LogP contribution in [0.4, 0.5) is 0 Å². The first-order chi connectivity index (χ1) is 11.2. The third-order valence-corrected chi connectivity index (χ3v) is 3.92. The third kappa shape index (κ3) is 2.86. The van der Waals surface area contributed by atoms with E-state index in [9.17, 15) is 0 Å². The van der Waals surface area contributed by atoms with Crippen molar-refractivity contribution in [2.45, 2.75) is 31.7 Å². The van der Waals surface area contributed by atoms with Crippen molar-refractivity contribution >= 4 is 23.7 Å². The minimum Gasteiger partial charge on any atom is -0.758 e. The Labute approximate surface area is 141 Å². The van der Waals surface area contributed by atoms with E-state index in [1.165, 1.54) is 0 Å². The highest BCUT2D eigenvalue weighted by Gasteiger charge is 2.15. The number of benzene rings is 1. The van der Waals surface area contributed by atoms with Crippen LogP contribution in [0.1, 0.15) is 26.0 Å². The fraction of sp³-hybridized carbons (Fsp3) is 0.353. The summed E-state index contributed by atoms with van der Waals surface area (Å²) in [6.45, 7) is 4.68. The number of para-hydroxylation sites is 1. The van der Waals surface area contributed by atoms with Gasteiger partial charge in [-0.2, -0.15) is 5.10 Å². The first-order valence-electron chi connectivity index (χ1n) is 7.78. The lowest BCUT2D eigenvalue weighted by atomic mass is 10.1. The van der Waals surface area contributed by atoms with E-state index in [1.807, 2.05) is 38.2 Å². The molecule has 0 bridgehead atoms. The molecule has 0 aliphatic rings. The average molecular weight is 327 g/mol. The average Bonchev–Trinajstić information content (AvgIpc) is 2.85. The second kappa shape index (κ2) is 6.50. The highest BCUT2D eigenvalue weighted by atomic mass is 32.1. The van der Waals surface area contributed by atoms with Crippen LogP contribution >= 0.6 is 0 Å². The maximum absolute atomic E-state index is 5.69. The van der Waals surface area contributed by atoms with E-state index in [1.54, 1.807) is 4.68 Å². The van der Waals surface area contributed by atoms with Gasteiger partial charge in [-0.1, -0.05) is 30.5 Å². The molecule has 3 rings (SSSR count). The van der Waals surface area contributed by atoms with Gasteiger partial charge in [-0.3, -0.25) is 9.67 Å². The predicted octanol–water partition coefficient (Wildman–Crippen LogP) is 3.29. The first-order valence-corrected chi connectivity index (χ1v) is 8.19. The van der Waals surface area contributed by atoms with Crippen LogP contribution in [0.3, 0.4) is 0 Å². The molecule has 0 N–H and O–H groups in total. The second-order valence-electron chi connectivity index (χ2n) is 5.30. The number of hydrogen-bond acceptors (Lipinski definition) is 5. The van der Waals surface area contributed by atoms with Gasteiger partial charge in [0.1, 0.15) is 11.3 Å². The summed E-state index contributed by atoms with van der Waals surface area (Å²) >= 11 is 5.48. The monoisotopic (exact) mass is 327 g/mol. The molecule has 0 spiro atoms. The van der Waals surface area contributed by atoms with Gasteiger partial charge in [-0.25, -0.2) is 4.98 Å².